The highest BCUT2D eigenvalue weighted by molar-refractivity contribution is 7.94. The molecular weight excluding hydrogens is 369 g/mol. The van der Waals surface area contributed by atoms with E-state index in [1.54, 1.807) is 6.92 Å². The number of hydrogen-bond donors (Lipinski definition) is 3. The van der Waals surface area contributed by atoms with Crippen LogP contribution in [0.1, 0.15) is 15.9 Å². The first-order chi connectivity index (χ1) is 11.7. The largest absolute Gasteiger partial charge is 0.507 e. The highest BCUT2D eigenvalue weighted by atomic mass is 32.2. The molecule has 0 fully saturated rings. The van der Waals surface area contributed by atoms with Crippen LogP contribution in [-0.2, 0) is 10.0 Å². The molecule has 2 aromatic carbocycles. The van der Waals surface area contributed by atoms with Crippen LogP contribution in [0.2, 0.25) is 0 Å². The summed E-state index contributed by atoms with van der Waals surface area (Å²) in [7, 11) is -3.98. The van der Waals surface area contributed by atoms with Crippen molar-refractivity contribution in [1.82, 2.24) is 0 Å². The number of thiophene rings is 1. The molecule has 1 heterocycles. The van der Waals surface area contributed by atoms with E-state index in [4.69, 9.17) is 5.11 Å². The monoisotopic (exact) mass is 381 g/mol. The van der Waals surface area contributed by atoms with Gasteiger partial charge in [-0.15, -0.1) is 11.3 Å². The van der Waals surface area contributed by atoms with Crippen molar-refractivity contribution in [1.29, 1.82) is 0 Å². The number of carboxylic acid groups (broad SMARTS) is 1. The number of halogens is 1. The number of anilines is 1. The van der Waals surface area contributed by atoms with Gasteiger partial charge in [-0.3, -0.25) is 4.72 Å². The van der Waals surface area contributed by atoms with Gasteiger partial charge in [0.1, 0.15) is 21.3 Å². The van der Waals surface area contributed by atoms with Gasteiger partial charge in [0.15, 0.2) is 0 Å². The molecule has 0 aliphatic carbocycles. The number of fused-ring (bicyclic) bond motifs is 1. The molecule has 0 aliphatic rings. The SMILES string of the molecule is Cc1c(S(=O)(=O)Nc2ccc(C(=O)O)c(O)c2)sc2ccc(F)cc12. The summed E-state index contributed by atoms with van der Waals surface area (Å²) in [5.41, 5.74) is 0.0976. The lowest BCUT2D eigenvalue weighted by Gasteiger charge is -2.08. The summed E-state index contributed by atoms with van der Waals surface area (Å²) in [5.74, 6) is -2.34. The quantitative estimate of drug-likeness (QED) is 0.641. The predicted molar refractivity (Wildman–Crippen MR) is 92.4 cm³/mol. The van der Waals surface area contributed by atoms with Crippen LogP contribution in [0.4, 0.5) is 10.1 Å². The van der Waals surface area contributed by atoms with E-state index in [9.17, 15) is 22.7 Å². The summed E-state index contributed by atoms with van der Waals surface area (Å²) in [5, 5.41) is 19.1. The Morgan fingerprint density at radius 3 is 2.56 bits per heavy atom. The Labute approximate surface area is 146 Å². The molecule has 0 amide bonds. The molecule has 25 heavy (non-hydrogen) atoms. The van der Waals surface area contributed by atoms with Crippen LogP contribution >= 0.6 is 11.3 Å². The molecule has 0 aliphatic heterocycles. The number of nitrogens with one attached hydrogen (secondary N) is 1. The van der Waals surface area contributed by atoms with Gasteiger partial charge in [-0.2, -0.15) is 0 Å². The van der Waals surface area contributed by atoms with Gasteiger partial charge < -0.3 is 10.2 Å². The Morgan fingerprint density at radius 1 is 1.20 bits per heavy atom. The Balaban J connectivity index is 2.01. The minimum atomic E-state index is -3.98. The Bertz CT molecular complexity index is 1110. The van der Waals surface area contributed by atoms with E-state index in [1.165, 1.54) is 24.3 Å². The summed E-state index contributed by atoms with van der Waals surface area (Å²) in [6.07, 6.45) is 0. The fourth-order valence-electron chi connectivity index (χ4n) is 2.40. The Hall–Kier alpha value is -2.65. The number of carbonyl (C=O) groups is 1. The maximum atomic E-state index is 13.4. The molecule has 0 radical (unpaired) electrons. The molecule has 0 spiro atoms. The van der Waals surface area contributed by atoms with Crippen LogP contribution < -0.4 is 4.72 Å². The smallest absolute Gasteiger partial charge is 0.339 e. The first-order valence-electron chi connectivity index (χ1n) is 6.97. The summed E-state index contributed by atoms with van der Waals surface area (Å²) in [6, 6.07) is 7.39. The lowest BCUT2D eigenvalue weighted by atomic mass is 10.2. The van der Waals surface area contributed by atoms with Crippen molar-refractivity contribution >= 4 is 43.1 Å². The van der Waals surface area contributed by atoms with Gasteiger partial charge in [-0.25, -0.2) is 17.6 Å². The number of rotatable bonds is 4. The van der Waals surface area contributed by atoms with Crippen LogP contribution in [0.3, 0.4) is 0 Å². The van der Waals surface area contributed by atoms with Crippen molar-refractivity contribution in [2.45, 2.75) is 11.1 Å². The minimum absolute atomic E-state index is 0.0190. The average Bonchev–Trinajstić information content (AvgIpc) is 2.84. The standard InChI is InChI=1S/C16H12FNO5S2/c1-8-12-6-9(17)2-5-14(12)24-16(8)25(22,23)18-10-3-4-11(15(20)21)13(19)7-10/h2-7,18-19H,1H3,(H,20,21). The number of benzene rings is 2. The van der Waals surface area contributed by atoms with E-state index in [-0.39, 0.29) is 15.5 Å². The van der Waals surface area contributed by atoms with Crippen molar-refractivity contribution in [3.63, 3.8) is 0 Å². The van der Waals surface area contributed by atoms with Crippen LogP contribution in [0.15, 0.2) is 40.6 Å². The fraction of sp³-hybridized carbons (Fsp3) is 0.0625. The molecule has 3 aromatic rings. The number of carboxylic acids is 1. The molecule has 0 atom stereocenters. The number of aromatic hydroxyl groups is 1. The predicted octanol–water partition coefficient (Wildman–Crippen LogP) is 3.55. The van der Waals surface area contributed by atoms with Crippen molar-refractivity contribution in [3.05, 3.63) is 53.3 Å². The molecule has 130 valence electrons. The van der Waals surface area contributed by atoms with Gasteiger partial charge in [0, 0.05) is 10.8 Å². The zero-order valence-corrected chi connectivity index (χ0v) is 14.4. The molecule has 9 heteroatoms. The van der Waals surface area contributed by atoms with E-state index in [0.29, 0.717) is 15.6 Å². The van der Waals surface area contributed by atoms with Gasteiger partial charge in [-0.05, 0) is 48.2 Å². The summed E-state index contributed by atoms with van der Waals surface area (Å²) < 4.78 is 41.6. The topological polar surface area (TPSA) is 104 Å². The number of phenols is 1. The third-order valence-electron chi connectivity index (χ3n) is 3.58. The summed E-state index contributed by atoms with van der Waals surface area (Å²) in [6.45, 7) is 1.58. The van der Waals surface area contributed by atoms with Crippen molar-refractivity contribution in [3.8, 4) is 5.75 Å². The zero-order valence-electron chi connectivity index (χ0n) is 12.8. The normalized spacial score (nSPS) is 11.6. The van der Waals surface area contributed by atoms with Gasteiger partial charge in [0.05, 0.1) is 5.69 Å². The maximum Gasteiger partial charge on any atom is 0.339 e. The molecule has 3 rings (SSSR count). The second-order valence-corrected chi connectivity index (χ2v) is 8.23. The second kappa shape index (κ2) is 6.01. The maximum absolute atomic E-state index is 13.4. The molecular formula is C16H12FNO5S2. The van der Waals surface area contributed by atoms with E-state index in [1.807, 2.05) is 0 Å². The second-order valence-electron chi connectivity index (χ2n) is 5.30. The first-order valence-corrected chi connectivity index (χ1v) is 9.27. The van der Waals surface area contributed by atoms with Crippen molar-refractivity contribution < 1.29 is 27.8 Å². The summed E-state index contributed by atoms with van der Waals surface area (Å²) in [4.78, 5) is 10.9. The number of aromatic carboxylic acids is 1. The Kier molecular flexibility index (Phi) is 4.13. The van der Waals surface area contributed by atoms with Crippen LogP contribution in [-0.4, -0.2) is 24.6 Å². The number of sulfonamides is 1. The molecule has 0 saturated carbocycles. The average molecular weight is 381 g/mol. The fourth-order valence-corrected chi connectivity index (χ4v) is 5.20. The third-order valence-corrected chi connectivity index (χ3v) is 6.85. The van der Waals surface area contributed by atoms with Crippen molar-refractivity contribution in [2.24, 2.45) is 0 Å². The lowest BCUT2D eigenvalue weighted by Crippen LogP contribution is -2.12. The molecule has 0 bridgehead atoms. The van der Waals surface area contributed by atoms with Crippen LogP contribution in [0.5, 0.6) is 5.75 Å². The highest BCUT2D eigenvalue weighted by Crippen LogP contribution is 2.35. The van der Waals surface area contributed by atoms with Crippen LogP contribution in [0.25, 0.3) is 10.1 Å². The van der Waals surface area contributed by atoms with E-state index in [2.05, 4.69) is 4.72 Å². The van der Waals surface area contributed by atoms with E-state index in [0.717, 1.165) is 23.5 Å². The van der Waals surface area contributed by atoms with Gasteiger partial charge in [0.2, 0.25) is 0 Å². The van der Waals surface area contributed by atoms with Gasteiger partial charge in [0.25, 0.3) is 10.0 Å². The van der Waals surface area contributed by atoms with E-state index >= 15 is 0 Å². The highest BCUT2D eigenvalue weighted by Gasteiger charge is 2.23. The Morgan fingerprint density at radius 2 is 1.92 bits per heavy atom. The summed E-state index contributed by atoms with van der Waals surface area (Å²) >= 11 is 0.997. The molecule has 3 N–H and O–H groups in total. The molecule has 6 nitrogen and oxygen atoms in total. The molecule has 0 unspecified atom stereocenters. The molecule has 1 aromatic heterocycles. The third kappa shape index (κ3) is 3.15. The number of hydrogen-bond acceptors (Lipinski definition) is 5. The molecule has 0 saturated heterocycles. The van der Waals surface area contributed by atoms with Crippen LogP contribution in [0, 0.1) is 12.7 Å². The number of aryl methyl sites for hydroxylation is 1. The van der Waals surface area contributed by atoms with Crippen molar-refractivity contribution in [2.75, 3.05) is 4.72 Å². The minimum Gasteiger partial charge on any atom is -0.507 e. The lowest BCUT2D eigenvalue weighted by molar-refractivity contribution is 0.0694. The van der Waals surface area contributed by atoms with Gasteiger partial charge >= 0.3 is 5.97 Å². The zero-order chi connectivity index (χ0) is 18.4. The van der Waals surface area contributed by atoms with Gasteiger partial charge in [-0.1, -0.05) is 0 Å². The van der Waals surface area contributed by atoms with E-state index < -0.39 is 27.6 Å². The first kappa shape index (κ1) is 17.2.